The van der Waals surface area contributed by atoms with Crippen LogP contribution in [0.4, 0.5) is 0 Å². The number of rotatable bonds is 17. The second-order valence-corrected chi connectivity index (χ2v) is 7.56. The summed E-state index contributed by atoms with van der Waals surface area (Å²) in [5.41, 5.74) is 0. The van der Waals surface area contributed by atoms with E-state index in [0.717, 1.165) is 25.7 Å². The van der Waals surface area contributed by atoms with Crippen LogP contribution >= 0.6 is 0 Å². The Morgan fingerprint density at radius 2 is 0.862 bits per heavy atom. The maximum Gasteiger partial charge on any atom is 0.303 e. The van der Waals surface area contributed by atoms with Gasteiger partial charge < -0.3 is 20.4 Å². The van der Waals surface area contributed by atoms with Gasteiger partial charge in [-0.25, -0.2) is 0 Å². The molecule has 1 unspecified atom stereocenters. The van der Waals surface area contributed by atoms with Crippen molar-refractivity contribution in [3.8, 4) is 0 Å². The van der Waals surface area contributed by atoms with Crippen molar-refractivity contribution in [2.45, 2.75) is 130 Å². The van der Waals surface area contributed by atoms with Gasteiger partial charge in [-0.05, 0) is 19.8 Å². The number of carbonyl (C=O) groups is 2. The van der Waals surface area contributed by atoms with Gasteiger partial charge in [0.2, 0.25) is 0 Å². The Bertz CT molecular complexity index is 303. The fourth-order valence-electron chi connectivity index (χ4n) is 2.47. The minimum absolute atomic E-state index is 0.139. The summed E-state index contributed by atoms with van der Waals surface area (Å²) >= 11 is 0. The Hall–Kier alpha value is -1.14. The molecule has 0 saturated heterocycles. The van der Waals surface area contributed by atoms with E-state index in [1.165, 1.54) is 71.1 Å². The molecule has 0 aliphatic carbocycles. The van der Waals surface area contributed by atoms with Crippen LogP contribution in [0.15, 0.2) is 0 Å². The zero-order chi connectivity index (χ0) is 22.8. The van der Waals surface area contributed by atoms with Crippen LogP contribution in [0.1, 0.15) is 124 Å². The summed E-state index contributed by atoms with van der Waals surface area (Å²) in [4.78, 5) is 20.3. The molecule has 0 rings (SSSR count). The van der Waals surface area contributed by atoms with Gasteiger partial charge in [-0.3, -0.25) is 9.59 Å². The lowest BCUT2D eigenvalue weighted by molar-refractivity contribution is -0.138. The van der Waals surface area contributed by atoms with Crippen LogP contribution in [0, 0.1) is 0 Å². The summed E-state index contributed by atoms with van der Waals surface area (Å²) in [5, 5.41) is 32.7. The molecule has 0 spiro atoms. The summed E-state index contributed by atoms with van der Waals surface area (Å²) in [6, 6.07) is 0. The fourth-order valence-corrected chi connectivity index (χ4v) is 2.47. The van der Waals surface area contributed by atoms with Crippen LogP contribution in [0.5, 0.6) is 0 Å². The van der Waals surface area contributed by atoms with E-state index in [2.05, 4.69) is 13.8 Å². The number of hydrogen-bond acceptors (Lipinski definition) is 4. The number of aliphatic hydroxyl groups is 2. The van der Waals surface area contributed by atoms with E-state index in [0.29, 0.717) is 12.8 Å². The highest BCUT2D eigenvalue weighted by Crippen LogP contribution is 2.08. The predicted octanol–water partition coefficient (Wildman–Crippen LogP) is 5.78. The smallest absolute Gasteiger partial charge is 0.303 e. The molecule has 0 bridgehead atoms. The van der Waals surface area contributed by atoms with Crippen LogP contribution in [-0.2, 0) is 9.59 Å². The highest BCUT2D eigenvalue weighted by molar-refractivity contribution is 5.66. The lowest BCUT2D eigenvalue weighted by atomic mass is 10.1. The quantitative estimate of drug-likeness (QED) is 0.222. The van der Waals surface area contributed by atoms with Crippen molar-refractivity contribution >= 4 is 11.9 Å². The number of carboxylic acid groups (broad SMARTS) is 2. The van der Waals surface area contributed by atoms with Crippen LogP contribution in [0.25, 0.3) is 0 Å². The van der Waals surface area contributed by atoms with Crippen LogP contribution in [0.2, 0.25) is 0 Å². The second-order valence-electron chi connectivity index (χ2n) is 7.56. The van der Waals surface area contributed by atoms with E-state index >= 15 is 0 Å². The number of aliphatic hydroxyl groups excluding tert-OH is 2. The SMILES string of the molecule is CC(O)CO.CCCCCCCCCC(=O)O.CCCCCCCCCC(=O)O. The average molecular weight is 421 g/mol. The van der Waals surface area contributed by atoms with Crippen LogP contribution in [0.3, 0.4) is 0 Å². The van der Waals surface area contributed by atoms with Gasteiger partial charge in [-0.2, -0.15) is 0 Å². The summed E-state index contributed by atoms with van der Waals surface area (Å²) in [6.07, 6.45) is 16.7. The molecular formula is C23H48O6. The van der Waals surface area contributed by atoms with Gasteiger partial charge in [-0.15, -0.1) is 0 Å². The maximum atomic E-state index is 10.1. The maximum absolute atomic E-state index is 10.1. The van der Waals surface area contributed by atoms with Gasteiger partial charge in [0.1, 0.15) is 0 Å². The van der Waals surface area contributed by atoms with Gasteiger partial charge in [-0.1, -0.05) is 90.9 Å². The first kappa shape index (κ1) is 32.5. The van der Waals surface area contributed by atoms with Crippen molar-refractivity contribution in [2.24, 2.45) is 0 Å². The minimum atomic E-state index is -0.663. The third kappa shape index (κ3) is 46.7. The molecule has 29 heavy (non-hydrogen) atoms. The lowest BCUT2D eigenvalue weighted by Crippen LogP contribution is -2.03. The molecule has 0 amide bonds. The van der Waals surface area contributed by atoms with E-state index in [1.807, 2.05) is 0 Å². The highest BCUT2D eigenvalue weighted by atomic mass is 16.4. The monoisotopic (exact) mass is 420 g/mol. The first-order chi connectivity index (χ1) is 13.8. The Morgan fingerprint density at radius 3 is 1.07 bits per heavy atom. The first-order valence-corrected chi connectivity index (χ1v) is 11.5. The summed E-state index contributed by atoms with van der Waals surface area (Å²) in [5.74, 6) is -1.33. The molecular weight excluding hydrogens is 372 g/mol. The van der Waals surface area contributed by atoms with E-state index in [-0.39, 0.29) is 6.61 Å². The molecule has 0 saturated carbocycles. The fraction of sp³-hybridized carbons (Fsp3) is 0.913. The number of aliphatic carboxylic acids is 2. The van der Waals surface area contributed by atoms with Crippen molar-refractivity contribution in [2.75, 3.05) is 6.61 Å². The molecule has 6 heteroatoms. The molecule has 176 valence electrons. The molecule has 0 aromatic heterocycles. The summed E-state index contributed by atoms with van der Waals surface area (Å²) < 4.78 is 0. The van der Waals surface area contributed by atoms with Crippen molar-refractivity contribution in [3.05, 3.63) is 0 Å². The van der Waals surface area contributed by atoms with Crippen molar-refractivity contribution in [1.29, 1.82) is 0 Å². The largest absolute Gasteiger partial charge is 0.481 e. The molecule has 0 aromatic rings. The highest BCUT2D eigenvalue weighted by Gasteiger charge is 1.96. The van der Waals surface area contributed by atoms with Crippen LogP contribution in [-0.4, -0.2) is 45.1 Å². The van der Waals surface area contributed by atoms with E-state index in [4.69, 9.17) is 20.4 Å². The third-order valence-electron chi connectivity index (χ3n) is 4.25. The second kappa shape index (κ2) is 29.1. The predicted molar refractivity (Wildman–Crippen MR) is 119 cm³/mol. The average Bonchev–Trinajstić information content (AvgIpc) is 2.67. The number of unbranched alkanes of at least 4 members (excludes halogenated alkanes) is 12. The van der Waals surface area contributed by atoms with Gasteiger partial charge >= 0.3 is 11.9 Å². The molecule has 4 N–H and O–H groups in total. The zero-order valence-electron chi connectivity index (χ0n) is 19.2. The molecule has 0 heterocycles. The zero-order valence-corrected chi connectivity index (χ0v) is 19.2. The lowest BCUT2D eigenvalue weighted by Gasteiger charge is -1.98. The Labute approximate surface area is 178 Å². The number of carboxylic acids is 2. The Kier molecular flexibility index (Phi) is 32.6. The number of hydrogen-bond donors (Lipinski definition) is 4. The topological polar surface area (TPSA) is 115 Å². The first-order valence-electron chi connectivity index (χ1n) is 11.5. The molecule has 0 radical (unpaired) electrons. The third-order valence-corrected chi connectivity index (χ3v) is 4.25. The Balaban J connectivity index is -0.000000380. The summed E-state index contributed by atoms with van der Waals surface area (Å²) in [6.45, 7) is 5.79. The van der Waals surface area contributed by atoms with E-state index in [9.17, 15) is 9.59 Å². The van der Waals surface area contributed by atoms with Gasteiger partial charge in [0.25, 0.3) is 0 Å². The van der Waals surface area contributed by atoms with Gasteiger partial charge in [0.05, 0.1) is 12.7 Å². The normalized spacial score (nSPS) is 10.9. The standard InChI is InChI=1S/2C10H20O2.C3H8O2/c2*1-2-3-4-5-6-7-8-9-10(11)12;1-3(5)2-4/h2*2-9H2,1H3,(H,11,12);3-5H,2H2,1H3. The van der Waals surface area contributed by atoms with Gasteiger partial charge in [0.15, 0.2) is 0 Å². The summed E-state index contributed by atoms with van der Waals surface area (Å²) in [7, 11) is 0. The van der Waals surface area contributed by atoms with E-state index < -0.39 is 18.0 Å². The van der Waals surface area contributed by atoms with Gasteiger partial charge in [0, 0.05) is 12.8 Å². The van der Waals surface area contributed by atoms with Crippen molar-refractivity contribution in [3.63, 3.8) is 0 Å². The molecule has 0 aromatic carbocycles. The molecule has 1 atom stereocenters. The van der Waals surface area contributed by atoms with E-state index in [1.54, 1.807) is 0 Å². The molecule has 0 aliphatic heterocycles. The Morgan fingerprint density at radius 1 is 0.621 bits per heavy atom. The molecule has 6 nitrogen and oxygen atoms in total. The minimum Gasteiger partial charge on any atom is -0.481 e. The van der Waals surface area contributed by atoms with Crippen molar-refractivity contribution in [1.82, 2.24) is 0 Å². The molecule has 0 aliphatic rings. The van der Waals surface area contributed by atoms with Crippen LogP contribution < -0.4 is 0 Å². The molecule has 0 fully saturated rings. The van der Waals surface area contributed by atoms with Crippen molar-refractivity contribution < 1.29 is 30.0 Å².